The van der Waals surface area contributed by atoms with Gasteiger partial charge in [0.05, 0.1) is 6.10 Å². The molecular weight excluding hydrogens is 289 g/mol. The van der Waals surface area contributed by atoms with E-state index in [1.807, 2.05) is 14.1 Å². The zero-order valence-electron chi connectivity index (χ0n) is 12.9. The van der Waals surface area contributed by atoms with Gasteiger partial charge in [-0.3, -0.25) is 0 Å². The third-order valence-corrected chi connectivity index (χ3v) is 5.14. The van der Waals surface area contributed by atoms with E-state index in [1.165, 1.54) is 18.9 Å². The maximum atomic E-state index is 14.0. The Morgan fingerprint density at radius 1 is 1.24 bits per heavy atom. The second-order valence-corrected chi connectivity index (χ2v) is 6.80. The molecule has 118 valence electrons. The van der Waals surface area contributed by atoms with Crippen LogP contribution in [0.1, 0.15) is 44.1 Å². The number of aliphatic hydroxyl groups is 1. The van der Waals surface area contributed by atoms with Crippen molar-refractivity contribution in [3.63, 3.8) is 0 Å². The quantitative estimate of drug-likeness (QED) is 0.848. The van der Waals surface area contributed by atoms with Crippen molar-refractivity contribution in [1.82, 2.24) is 4.90 Å². The molecule has 1 fully saturated rings. The van der Waals surface area contributed by atoms with Gasteiger partial charge < -0.3 is 10.0 Å². The minimum absolute atomic E-state index is 0.247. The lowest BCUT2D eigenvalue weighted by molar-refractivity contribution is -0.0178. The number of likely N-dealkylation sites (N-methyl/N-ethyl adjacent to an activating group) is 1. The molecule has 0 aromatic heterocycles. The zero-order chi connectivity index (χ0) is 15.5. The Morgan fingerprint density at radius 3 is 2.38 bits per heavy atom. The SMILES string of the molecule is CN(C)C1(C(O)Cc2ccc(Cl)cc2F)CCCCCC1. The average molecular weight is 314 g/mol. The van der Waals surface area contributed by atoms with Gasteiger partial charge in [0.2, 0.25) is 0 Å². The lowest BCUT2D eigenvalue weighted by Crippen LogP contribution is -2.54. The molecule has 1 N–H and O–H groups in total. The predicted octanol–water partition coefficient (Wildman–Crippen LogP) is 4.04. The van der Waals surface area contributed by atoms with Crippen molar-refractivity contribution < 1.29 is 9.50 Å². The van der Waals surface area contributed by atoms with Crippen LogP contribution in [0.3, 0.4) is 0 Å². The van der Waals surface area contributed by atoms with Gasteiger partial charge >= 0.3 is 0 Å². The maximum absolute atomic E-state index is 14.0. The third-order valence-electron chi connectivity index (χ3n) is 4.91. The Bertz CT molecular complexity index is 470. The van der Waals surface area contributed by atoms with Gasteiger partial charge in [-0.25, -0.2) is 4.39 Å². The summed E-state index contributed by atoms with van der Waals surface area (Å²) in [6, 6.07) is 4.68. The van der Waals surface area contributed by atoms with Crippen molar-refractivity contribution in [1.29, 1.82) is 0 Å². The van der Waals surface area contributed by atoms with Crippen LogP contribution in [0.25, 0.3) is 0 Å². The highest BCUT2D eigenvalue weighted by Gasteiger charge is 2.40. The minimum atomic E-state index is -0.568. The predicted molar refractivity (Wildman–Crippen MR) is 85.2 cm³/mol. The van der Waals surface area contributed by atoms with Crippen LogP contribution in [0.15, 0.2) is 18.2 Å². The summed E-state index contributed by atoms with van der Waals surface area (Å²) in [7, 11) is 4.04. The number of benzene rings is 1. The Hall–Kier alpha value is -0.640. The number of nitrogens with zero attached hydrogens (tertiary/aromatic N) is 1. The smallest absolute Gasteiger partial charge is 0.127 e. The van der Waals surface area contributed by atoms with Gasteiger partial charge in [0.15, 0.2) is 0 Å². The molecule has 0 spiro atoms. The molecular formula is C17H25ClFNO. The monoisotopic (exact) mass is 313 g/mol. The van der Waals surface area contributed by atoms with Crippen LogP contribution in [-0.2, 0) is 6.42 Å². The van der Waals surface area contributed by atoms with Gasteiger partial charge in [-0.2, -0.15) is 0 Å². The first-order valence-corrected chi connectivity index (χ1v) is 8.13. The van der Waals surface area contributed by atoms with Crippen LogP contribution < -0.4 is 0 Å². The Kier molecular flexibility index (Phi) is 5.64. The number of hydrogen-bond donors (Lipinski definition) is 1. The van der Waals surface area contributed by atoms with Crippen LogP contribution in [-0.4, -0.2) is 35.7 Å². The summed E-state index contributed by atoms with van der Waals surface area (Å²) >= 11 is 5.79. The second-order valence-electron chi connectivity index (χ2n) is 6.37. The molecule has 0 saturated heterocycles. The van der Waals surface area contributed by atoms with Crippen molar-refractivity contribution in [2.75, 3.05) is 14.1 Å². The molecule has 1 aromatic carbocycles. The van der Waals surface area contributed by atoms with Crippen LogP contribution in [0, 0.1) is 5.82 Å². The summed E-state index contributed by atoms with van der Waals surface area (Å²) in [5.74, 6) is -0.330. The number of rotatable bonds is 4. The van der Waals surface area contributed by atoms with E-state index in [0.29, 0.717) is 17.0 Å². The van der Waals surface area contributed by atoms with Crippen molar-refractivity contribution >= 4 is 11.6 Å². The first-order valence-electron chi connectivity index (χ1n) is 7.75. The fraction of sp³-hybridized carbons (Fsp3) is 0.647. The molecule has 1 aliphatic carbocycles. The standard InChI is InChI=1S/C17H25ClFNO/c1-20(2)17(9-5-3-4-6-10-17)16(21)11-13-7-8-14(18)12-15(13)19/h7-8,12,16,21H,3-6,9-11H2,1-2H3. The Morgan fingerprint density at radius 2 is 1.86 bits per heavy atom. The molecule has 2 nitrogen and oxygen atoms in total. The molecule has 21 heavy (non-hydrogen) atoms. The molecule has 1 atom stereocenters. The van der Waals surface area contributed by atoms with E-state index >= 15 is 0 Å². The molecule has 0 bridgehead atoms. The summed E-state index contributed by atoms with van der Waals surface area (Å²) < 4.78 is 14.0. The van der Waals surface area contributed by atoms with E-state index in [-0.39, 0.29) is 11.4 Å². The maximum Gasteiger partial charge on any atom is 0.127 e. The lowest BCUT2D eigenvalue weighted by Gasteiger charge is -2.43. The van der Waals surface area contributed by atoms with Crippen molar-refractivity contribution in [3.8, 4) is 0 Å². The summed E-state index contributed by atoms with van der Waals surface area (Å²) in [6.07, 6.45) is 6.39. The Balaban J connectivity index is 2.20. The highest BCUT2D eigenvalue weighted by Crippen LogP contribution is 2.35. The second kappa shape index (κ2) is 7.08. The fourth-order valence-corrected chi connectivity index (χ4v) is 3.66. The van der Waals surface area contributed by atoms with Gasteiger partial charge in [0.1, 0.15) is 5.82 Å². The molecule has 0 heterocycles. The first kappa shape index (κ1) is 16.7. The van der Waals surface area contributed by atoms with Crippen LogP contribution in [0.2, 0.25) is 5.02 Å². The van der Waals surface area contributed by atoms with Crippen LogP contribution in [0.5, 0.6) is 0 Å². The summed E-state index contributed by atoms with van der Waals surface area (Å²) in [6.45, 7) is 0. The molecule has 0 aliphatic heterocycles. The highest BCUT2D eigenvalue weighted by atomic mass is 35.5. The third kappa shape index (κ3) is 3.77. The molecule has 1 saturated carbocycles. The van der Waals surface area contributed by atoms with Gasteiger partial charge in [-0.05, 0) is 44.6 Å². The van der Waals surface area contributed by atoms with E-state index in [9.17, 15) is 9.50 Å². The molecule has 0 radical (unpaired) electrons. The number of halogens is 2. The number of hydrogen-bond acceptors (Lipinski definition) is 2. The normalized spacial score (nSPS) is 20.3. The van der Waals surface area contributed by atoms with E-state index < -0.39 is 6.10 Å². The fourth-order valence-electron chi connectivity index (χ4n) is 3.50. The van der Waals surface area contributed by atoms with E-state index in [2.05, 4.69) is 4.90 Å². The Labute approximate surface area is 131 Å². The van der Waals surface area contributed by atoms with Crippen molar-refractivity contribution in [2.45, 2.75) is 56.6 Å². The van der Waals surface area contributed by atoms with Crippen LogP contribution >= 0.6 is 11.6 Å². The lowest BCUT2D eigenvalue weighted by atomic mass is 9.80. The molecule has 1 unspecified atom stereocenters. The molecule has 1 aromatic rings. The van der Waals surface area contributed by atoms with Crippen molar-refractivity contribution in [2.24, 2.45) is 0 Å². The summed E-state index contributed by atoms with van der Waals surface area (Å²) in [4.78, 5) is 2.14. The van der Waals surface area contributed by atoms with Gasteiger partial charge in [0, 0.05) is 17.0 Å². The van der Waals surface area contributed by atoms with Crippen LogP contribution in [0.4, 0.5) is 4.39 Å². The average Bonchev–Trinajstić information content (AvgIpc) is 2.68. The molecule has 1 aliphatic rings. The molecule has 4 heteroatoms. The summed E-state index contributed by atoms with van der Waals surface area (Å²) in [5.41, 5.74) is 0.292. The summed E-state index contributed by atoms with van der Waals surface area (Å²) in [5, 5.41) is 11.2. The van der Waals surface area contributed by atoms with Gasteiger partial charge in [-0.15, -0.1) is 0 Å². The highest BCUT2D eigenvalue weighted by molar-refractivity contribution is 6.30. The molecule has 2 rings (SSSR count). The van der Waals surface area contributed by atoms with E-state index in [4.69, 9.17) is 11.6 Å². The first-order chi connectivity index (χ1) is 9.95. The minimum Gasteiger partial charge on any atom is -0.391 e. The van der Waals surface area contributed by atoms with Gasteiger partial charge in [-0.1, -0.05) is 43.4 Å². The molecule has 0 amide bonds. The zero-order valence-corrected chi connectivity index (χ0v) is 13.7. The largest absolute Gasteiger partial charge is 0.391 e. The number of aliphatic hydroxyl groups excluding tert-OH is 1. The topological polar surface area (TPSA) is 23.5 Å². The van der Waals surface area contributed by atoms with Crippen molar-refractivity contribution in [3.05, 3.63) is 34.6 Å². The van der Waals surface area contributed by atoms with E-state index in [1.54, 1.807) is 12.1 Å². The van der Waals surface area contributed by atoms with Gasteiger partial charge in [0.25, 0.3) is 0 Å². The van der Waals surface area contributed by atoms with E-state index in [0.717, 1.165) is 25.7 Å².